The van der Waals surface area contributed by atoms with Gasteiger partial charge in [0.1, 0.15) is 11.6 Å². The molecular weight excluding hydrogens is 324 g/mol. The Bertz CT molecular complexity index is 959. The van der Waals surface area contributed by atoms with Gasteiger partial charge in [-0.1, -0.05) is 6.07 Å². The van der Waals surface area contributed by atoms with Gasteiger partial charge < -0.3 is 15.0 Å². The van der Waals surface area contributed by atoms with E-state index in [-0.39, 0.29) is 22.6 Å². The molecule has 0 atom stereocenters. The lowest BCUT2D eigenvalue weighted by Gasteiger charge is -2.18. The summed E-state index contributed by atoms with van der Waals surface area (Å²) in [7, 11) is 0. The molecule has 128 valence electrons. The topological polar surface area (TPSA) is 51.6 Å². The standard InChI is InChI=1S/C19H17F2N3O/c20-14-4-3-5-16-18(14)13(19(25)23-16)11-22-12-6-7-17(15(21)10-12)24-8-1-2-9-24/h3-7,10-11,23,25H,1-2,8-9H2. The minimum atomic E-state index is -0.453. The third-order valence-electron chi connectivity index (χ3n) is 4.51. The third-order valence-corrected chi connectivity index (χ3v) is 4.51. The summed E-state index contributed by atoms with van der Waals surface area (Å²) in [5.74, 6) is -0.949. The SMILES string of the molecule is Oc1[nH]c2cccc(F)c2c1C=Nc1ccc(N2CCCC2)c(F)c1. The van der Waals surface area contributed by atoms with Gasteiger partial charge in [0.25, 0.3) is 0 Å². The largest absolute Gasteiger partial charge is 0.494 e. The Labute approximate surface area is 143 Å². The van der Waals surface area contributed by atoms with Crippen LogP contribution in [-0.4, -0.2) is 29.4 Å². The maximum absolute atomic E-state index is 14.3. The summed E-state index contributed by atoms with van der Waals surface area (Å²) in [6.45, 7) is 1.73. The van der Waals surface area contributed by atoms with Gasteiger partial charge in [-0.15, -0.1) is 0 Å². The van der Waals surface area contributed by atoms with Crippen molar-refractivity contribution in [3.05, 3.63) is 53.6 Å². The van der Waals surface area contributed by atoms with Crippen molar-refractivity contribution in [1.29, 1.82) is 0 Å². The first kappa shape index (κ1) is 15.6. The molecule has 1 aliphatic rings. The molecule has 6 heteroatoms. The number of nitrogens with zero attached hydrogens (tertiary/aromatic N) is 2. The number of nitrogens with one attached hydrogen (secondary N) is 1. The number of hydrogen-bond donors (Lipinski definition) is 2. The van der Waals surface area contributed by atoms with Crippen LogP contribution in [0, 0.1) is 11.6 Å². The average molecular weight is 341 g/mol. The van der Waals surface area contributed by atoms with Crippen LogP contribution in [-0.2, 0) is 0 Å². The van der Waals surface area contributed by atoms with E-state index in [4.69, 9.17) is 0 Å². The van der Waals surface area contributed by atoms with Crippen LogP contribution in [0.1, 0.15) is 18.4 Å². The second-order valence-electron chi connectivity index (χ2n) is 6.14. The highest BCUT2D eigenvalue weighted by Gasteiger charge is 2.16. The second kappa shape index (κ2) is 6.20. The van der Waals surface area contributed by atoms with Gasteiger partial charge in [-0.25, -0.2) is 8.78 Å². The molecule has 0 spiro atoms. The highest BCUT2D eigenvalue weighted by atomic mass is 19.1. The van der Waals surface area contributed by atoms with Crippen molar-refractivity contribution >= 4 is 28.5 Å². The van der Waals surface area contributed by atoms with E-state index < -0.39 is 5.82 Å². The number of benzene rings is 2. The quantitative estimate of drug-likeness (QED) is 0.689. The van der Waals surface area contributed by atoms with Crippen LogP contribution >= 0.6 is 0 Å². The van der Waals surface area contributed by atoms with Crippen molar-refractivity contribution in [3.63, 3.8) is 0 Å². The zero-order chi connectivity index (χ0) is 17.4. The molecule has 1 fully saturated rings. The Morgan fingerprint density at radius 3 is 2.64 bits per heavy atom. The molecule has 0 bridgehead atoms. The minimum Gasteiger partial charge on any atom is -0.494 e. The van der Waals surface area contributed by atoms with Crippen molar-refractivity contribution in [2.75, 3.05) is 18.0 Å². The lowest BCUT2D eigenvalue weighted by molar-refractivity contribution is 0.457. The van der Waals surface area contributed by atoms with E-state index in [1.54, 1.807) is 24.3 Å². The molecule has 1 aromatic heterocycles. The van der Waals surface area contributed by atoms with Crippen molar-refractivity contribution in [1.82, 2.24) is 4.98 Å². The number of hydrogen-bond acceptors (Lipinski definition) is 3. The number of rotatable bonds is 3. The van der Waals surface area contributed by atoms with Crippen molar-refractivity contribution in [2.45, 2.75) is 12.8 Å². The summed E-state index contributed by atoms with van der Waals surface area (Å²) < 4.78 is 28.4. The van der Waals surface area contributed by atoms with Gasteiger partial charge in [0.15, 0.2) is 5.88 Å². The summed E-state index contributed by atoms with van der Waals surface area (Å²) in [6.07, 6.45) is 3.50. The Morgan fingerprint density at radius 1 is 1.08 bits per heavy atom. The van der Waals surface area contributed by atoms with Gasteiger partial charge in [0, 0.05) is 30.8 Å². The number of aromatic amines is 1. The molecule has 1 saturated heterocycles. The van der Waals surface area contributed by atoms with Crippen LogP contribution in [0.3, 0.4) is 0 Å². The Kier molecular flexibility index (Phi) is 3.87. The first-order valence-electron chi connectivity index (χ1n) is 8.21. The molecular formula is C19H17F2N3O. The van der Waals surface area contributed by atoms with E-state index in [9.17, 15) is 13.9 Å². The zero-order valence-electron chi connectivity index (χ0n) is 13.5. The number of aromatic hydroxyl groups is 1. The van der Waals surface area contributed by atoms with Crippen molar-refractivity contribution in [2.24, 2.45) is 4.99 Å². The second-order valence-corrected chi connectivity index (χ2v) is 6.14. The van der Waals surface area contributed by atoms with E-state index >= 15 is 0 Å². The average Bonchev–Trinajstić information content (AvgIpc) is 3.21. The summed E-state index contributed by atoms with van der Waals surface area (Å²) in [6, 6.07) is 9.32. The Hall–Kier alpha value is -2.89. The number of aromatic nitrogens is 1. The van der Waals surface area contributed by atoms with Crippen molar-refractivity contribution < 1.29 is 13.9 Å². The molecule has 1 aliphatic heterocycles. The van der Waals surface area contributed by atoms with Gasteiger partial charge in [0.2, 0.25) is 0 Å². The molecule has 25 heavy (non-hydrogen) atoms. The lowest BCUT2D eigenvalue weighted by Crippen LogP contribution is -2.18. The fourth-order valence-electron chi connectivity index (χ4n) is 3.27. The maximum Gasteiger partial charge on any atom is 0.198 e. The smallest absolute Gasteiger partial charge is 0.198 e. The molecule has 2 heterocycles. The van der Waals surface area contributed by atoms with Crippen LogP contribution < -0.4 is 4.90 Å². The van der Waals surface area contributed by atoms with E-state index in [0.717, 1.165) is 25.9 Å². The summed E-state index contributed by atoms with van der Waals surface area (Å²) in [4.78, 5) is 8.92. The number of anilines is 1. The van der Waals surface area contributed by atoms with Gasteiger partial charge in [-0.05, 0) is 37.1 Å². The normalized spacial score (nSPS) is 14.9. The number of fused-ring (bicyclic) bond motifs is 1. The van der Waals surface area contributed by atoms with Gasteiger partial charge in [0.05, 0.1) is 22.5 Å². The third kappa shape index (κ3) is 2.84. The van der Waals surface area contributed by atoms with Crippen LogP contribution in [0.4, 0.5) is 20.2 Å². The molecule has 0 aliphatic carbocycles. The first-order chi connectivity index (χ1) is 12.1. The van der Waals surface area contributed by atoms with Crippen LogP contribution in [0.2, 0.25) is 0 Å². The highest BCUT2D eigenvalue weighted by Crippen LogP contribution is 2.30. The Morgan fingerprint density at radius 2 is 1.88 bits per heavy atom. The minimum absolute atomic E-state index is 0.169. The van der Waals surface area contributed by atoms with E-state index in [0.29, 0.717) is 16.9 Å². The van der Waals surface area contributed by atoms with E-state index in [2.05, 4.69) is 9.98 Å². The van der Waals surface area contributed by atoms with Crippen molar-refractivity contribution in [3.8, 4) is 5.88 Å². The fourth-order valence-corrected chi connectivity index (χ4v) is 3.27. The van der Waals surface area contributed by atoms with Gasteiger partial charge >= 0.3 is 0 Å². The van der Waals surface area contributed by atoms with Crippen LogP contribution in [0.5, 0.6) is 5.88 Å². The maximum atomic E-state index is 14.3. The summed E-state index contributed by atoms with van der Waals surface area (Å²) in [5.41, 5.74) is 1.72. The highest BCUT2D eigenvalue weighted by molar-refractivity contribution is 6.02. The van der Waals surface area contributed by atoms with Crippen LogP contribution in [0.15, 0.2) is 41.4 Å². The molecule has 4 nitrogen and oxygen atoms in total. The molecule has 3 aromatic rings. The summed E-state index contributed by atoms with van der Waals surface area (Å²) >= 11 is 0. The molecule has 4 rings (SSSR count). The molecule has 0 amide bonds. The molecule has 0 unspecified atom stereocenters. The monoisotopic (exact) mass is 341 g/mol. The summed E-state index contributed by atoms with van der Waals surface area (Å²) in [5, 5.41) is 10.2. The van der Waals surface area contributed by atoms with E-state index in [1.165, 1.54) is 18.3 Å². The van der Waals surface area contributed by atoms with E-state index in [1.807, 2.05) is 4.90 Å². The lowest BCUT2D eigenvalue weighted by atomic mass is 10.1. The molecule has 0 saturated carbocycles. The molecule has 2 N–H and O–H groups in total. The predicted molar refractivity (Wildman–Crippen MR) is 95.0 cm³/mol. The number of H-pyrrole nitrogens is 1. The van der Waals surface area contributed by atoms with Gasteiger partial charge in [-0.2, -0.15) is 0 Å². The number of halogens is 2. The fraction of sp³-hybridized carbons (Fsp3) is 0.211. The van der Waals surface area contributed by atoms with Gasteiger partial charge in [-0.3, -0.25) is 4.99 Å². The Balaban J connectivity index is 1.66. The predicted octanol–water partition coefficient (Wildman–Crippen LogP) is 4.50. The number of aliphatic imine (C=N–C) groups is 1. The first-order valence-corrected chi connectivity index (χ1v) is 8.21. The molecule has 2 aromatic carbocycles. The molecule has 0 radical (unpaired) electrons. The zero-order valence-corrected chi connectivity index (χ0v) is 13.5. The van der Waals surface area contributed by atoms with Crippen LogP contribution in [0.25, 0.3) is 10.9 Å².